The summed E-state index contributed by atoms with van der Waals surface area (Å²) in [6, 6.07) is 3.70. The number of nitrogens with one attached hydrogen (secondary N) is 2. The zero-order valence-corrected chi connectivity index (χ0v) is 21.3. The van der Waals surface area contributed by atoms with Crippen LogP contribution >= 0.6 is 0 Å². The van der Waals surface area contributed by atoms with Crippen molar-refractivity contribution in [3.05, 3.63) is 11.8 Å². The van der Waals surface area contributed by atoms with Gasteiger partial charge >= 0.3 is 0 Å². The van der Waals surface area contributed by atoms with Crippen LogP contribution in [0.1, 0.15) is 85.0 Å². The van der Waals surface area contributed by atoms with Crippen LogP contribution in [0.15, 0.2) is 11.8 Å². The van der Waals surface area contributed by atoms with Crippen LogP contribution in [0.25, 0.3) is 0 Å². The van der Waals surface area contributed by atoms with E-state index in [1.54, 1.807) is 6.07 Å². The summed E-state index contributed by atoms with van der Waals surface area (Å²) in [5, 5.41) is 28.6. The Kier molecular flexibility index (Phi) is 7.51. The molecule has 0 aromatic carbocycles. The Morgan fingerprint density at radius 1 is 1.09 bits per heavy atom. The Morgan fingerprint density at radius 2 is 1.85 bits per heavy atom. The molecule has 0 aromatic rings. The molecule has 5 heteroatoms. The molecule has 0 heterocycles. The first-order valence-electron chi connectivity index (χ1n) is 13.7. The number of fused-ring (bicyclic) bond motifs is 3. The first-order valence-corrected chi connectivity index (χ1v) is 13.7. The van der Waals surface area contributed by atoms with E-state index in [1.807, 2.05) is 6.07 Å². The number of ketones is 1. The van der Waals surface area contributed by atoms with Gasteiger partial charge in [0.25, 0.3) is 0 Å². The van der Waals surface area contributed by atoms with Gasteiger partial charge in [-0.25, -0.2) is 0 Å². The highest BCUT2D eigenvalue weighted by atomic mass is 16.1. The maximum Gasteiger partial charge on any atom is 0.155 e. The zero-order valence-electron chi connectivity index (χ0n) is 21.3. The summed E-state index contributed by atoms with van der Waals surface area (Å²) in [6.45, 7) is 7.27. The van der Waals surface area contributed by atoms with E-state index < -0.39 is 0 Å². The first-order chi connectivity index (χ1) is 16.4. The van der Waals surface area contributed by atoms with Crippen LogP contribution in [-0.2, 0) is 4.79 Å². The molecule has 4 aliphatic rings. The molecule has 0 saturated heterocycles. The third-order valence-electron chi connectivity index (χ3n) is 10.3. The lowest BCUT2D eigenvalue weighted by Gasteiger charge is -2.55. The van der Waals surface area contributed by atoms with Gasteiger partial charge in [-0.15, -0.1) is 0 Å². The number of hydrogen-bond acceptors (Lipinski definition) is 5. The van der Waals surface area contributed by atoms with Crippen molar-refractivity contribution >= 4 is 11.5 Å². The van der Waals surface area contributed by atoms with Crippen LogP contribution < -0.4 is 5.32 Å². The fourth-order valence-corrected chi connectivity index (χ4v) is 8.81. The number of carbonyl (C=O) groups is 1. The smallest absolute Gasteiger partial charge is 0.155 e. The molecular weight excluding hydrogens is 420 g/mol. The lowest BCUT2D eigenvalue weighted by Crippen LogP contribution is -2.50. The van der Waals surface area contributed by atoms with Crippen molar-refractivity contribution < 1.29 is 4.79 Å². The van der Waals surface area contributed by atoms with Crippen molar-refractivity contribution in [2.75, 3.05) is 6.54 Å². The van der Waals surface area contributed by atoms with Gasteiger partial charge < -0.3 is 5.32 Å². The van der Waals surface area contributed by atoms with Crippen molar-refractivity contribution in [1.29, 1.82) is 15.9 Å². The minimum atomic E-state index is -0.277. The monoisotopic (exact) mass is 462 g/mol. The molecule has 4 saturated carbocycles. The molecule has 0 spiro atoms. The fraction of sp³-hybridized carbons (Fsp3) is 0.793. The lowest BCUT2D eigenvalue weighted by atomic mass is 9.49. The number of Topliss-reactive ketones (excluding diaryl/α,β-unsaturated/α-hetero) is 1. The van der Waals surface area contributed by atoms with Crippen LogP contribution in [0, 0.1) is 80.8 Å². The Labute approximate surface area is 205 Å². The average molecular weight is 463 g/mol. The Balaban J connectivity index is 1.54. The highest BCUT2D eigenvalue weighted by molar-refractivity contribution is 6.05. The molecule has 8 atom stereocenters. The van der Waals surface area contributed by atoms with Gasteiger partial charge in [-0.05, 0) is 91.8 Å². The molecule has 34 heavy (non-hydrogen) atoms. The molecule has 0 aliphatic heterocycles. The minimum absolute atomic E-state index is 0.0560. The van der Waals surface area contributed by atoms with Gasteiger partial charge in [0.1, 0.15) is 23.5 Å². The molecule has 8 unspecified atom stereocenters. The summed E-state index contributed by atoms with van der Waals surface area (Å²) in [5.74, 6) is 5.81. The van der Waals surface area contributed by atoms with E-state index in [-0.39, 0.29) is 35.1 Å². The van der Waals surface area contributed by atoms with Crippen molar-refractivity contribution in [2.24, 2.45) is 52.8 Å². The fourth-order valence-electron chi connectivity index (χ4n) is 8.81. The summed E-state index contributed by atoms with van der Waals surface area (Å²) in [5.41, 5.74) is -0.0815. The average Bonchev–Trinajstić information content (AvgIpc) is 3.63. The SMILES string of the molecule is CCCC1C(CC)CCC2C1CCC1(C)C(C(=O)CN/C(C#N)=C\C(=N)C#N)CC(C3CC3)C21. The lowest BCUT2D eigenvalue weighted by molar-refractivity contribution is -0.129. The van der Waals surface area contributed by atoms with E-state index >= 15 is 0 Å². The summed E-state index contributed by atoms with van der Waals surface area (Å²) >= 11 is 0. The molecular formula is C29H42N4O. The molecule has 0 radical (unpaired) electrons. The molecule has 4 fully saturated rings. The largest absolute Gasteiger partial charge is 0.369 e. The van der Waals surface area contributed by atoms with Crippen LogP contribution in [0.2, 0.25) is 0 Å². The number of hydrogen-bond donors (Lipinski definition) is 2. The van der Waals surface area contributed by atoms with Crippen LogP contribution in [0.5, 0.6) is 0 Å². The highest BCUT2D eigenvalue weighted by Crippen LogP contribution is 2.68. The number of nitriles is 2. The number of rotatable bonds is 9. The third kappa shape index (κ3) is 4.56. The molecule has 0 amide bonds. The van der Waals surface area contributed by atoms with Crippen molar-refractivity contribution in [3.8, 4) is 12.1 Å². The summed E-state index contributed by atoms with van der Waals surface area (Å²) in [6.07, 6.45) is 14.0. The number of nitrogens with zero attached hydrogens (tertiary/aromatic N) is 2. The molecule has 4 aliphatic carbocycles. The molecule has 5 nitrogen and oxygen atoms in total. The van der Waals surface area contributed by atoms with Gasteiger partial charge in [-0.3, -0.25) is 10.2 Å². The molecule has 0 bridgehead atoms. The van der Waals surface area contributed by atoms with Gasteiger partial charge in [0.15, 0.2) is 5.78 Å². The van der Waals surface area contributed by atoms with E-state index in [9.17, 15) is 10.1 Å². The quantitative estimate of drug-likeness (QED) is 0.323. The van der Waals surface area contributed by atoms with E-state index in [0.717, 1.165) is 42.4 Å². The molecule has 184 valence electrons. The second kappa shape index (κ2) is 10.2. The van der Waals surface area contributed by atoms with Crippen LogP contribution in [0.3, 0.4) is 0 Å². The second-order valence-corrected chi connectivity index (χ2v) is 11.9. The summed E-state index contributed by atoms with van der Waals surface area (Å²) < 4.78 is 0. The van der Waals surface area contributed by atoms with Gasteiger partial charge in [0.05, 0.1) is 6.54 Å². The zero-order chi connectivity index (χ0) is 24.5. The standard InChI is InChI=1S/C29H42N4O/c1-4-6-22-18(5-2)9-10-24-23(22)11-12-29(3)26(14-25(28(24)29)19-7-8-19)27(34)17-33-21(16-31)13-20(32)15-30/h13,18-19,22-26,28,32-33H,4-12,14,17H2,1-3H3/b21-13-,32-20?. The van der Waals surface area contributed by atoms with E-state index in [2.05, 4.69) is 26.1 Å². The second-order valence-electron chi connectivity index (χ2n) is 11.9. The number of carbonyl (C=O) groups excluding carboxylic acids is 1. The summed E-state index contributed by atoms with van der Waals surface area (Å²) in [7, 11) is 0. The van der Waals surface area contributed by atoms with E-state index in [1.165, 1.54) is 57.4 Å². The predicted octanol–water partition coefficient (Wildman–Crippen LogP) is 6.03. The summed E-state index contributed by atoms with van der Waals surface area (Å²) in [4.78, 5) is 13.6. The molecule has 4 rings (SSSR count). The minimum Gasteiger partial charge on any atom is -0.369 e. The highest BCUT2D eigenvalue weighted by Gasteiger charge is 2.63. The first kappa shape index (κ1) is 25.0. The van der Waals surface area contributed by atoms with Gasteiger partial charge in [0.2, 0.25) is 0 Å². The Hall–Kier alpha value is -2.14. The topological polar surface area (TPSA) is 101 Å². The Morgan fingerprint density at radius 3 is 2.47 bits per heavy atom. The molecule has 2 N–H and O–H groups in total. The normalized spacial score (nSPS) is 39.3. The van der Waals surface area contributed by atoms with Crippen molar-refractivity contribution in [1.82, 2.24) is 5.32 Å². The van der Waals surface area contributed by atoms with E-state index in [0.29, 0.717) is 11.8 Å². The van der Waals surface area contributed by atoms with Gasteiger partial charge in [-0.2, -0.15) is 10.5 Å². The maximum absolute atomic E-state index is 13.6. The third-order valence-corrected chi connectivity index (χ3v) is 10.3. The van der Waals surface area contributed by atoms with Crippen molar-refractivity contribution in [3.63, 3.8) is 0 Å². The van der Waals surface area contributed by atoms with Gasteiger partial charge in [0, 0.05) is 12.0 Å². The van der Waals surface area contributed by atoms with E-state index in [4.69, 9.17) is 10.7 Å². The maximum atomic E-state index is 13.6. The number of allylic oxidation sites excluding steroid dienone is 2. The Bertz CT molecular complexity index is 906. The van der Waals surface area contributed by atoms with Crippen LogP contribution in [0.4, 0.5) is 0 Å². The van der Waals surface area contributed by atoms with Crippen molar-refractivity contribution in [2.45, 2.75) is 85.0 Å². The predicted molar refractivity (Wildman–Crippen MR) is 134 cm³/mol. The van der Waals surface area contributed by atoms with Gasteiger partial charge in [-0.1, -0.05) is 40.0 Å². The molecule has 0 aromatic heterocycles. The van der Waals surface area contributed by atoms with Crippen LogP contribution in [-0.4, -0.2) is 18.0 Å².